The van der Waals surface area contributed by atoms with Gasteiger partial charge in [-0.1, -0.05) is 51.4 Å². The number of para-hydroxylation sites is 1. The van der Waals surface area contributed by atoms with Gasteiger partial charge in [-0.05, 0) is 58.0 Å². The van der Waals surface area contributed by atoms with Crippen molar-refractivity contribution >= 4 is 61.3 Å². The molecule has 1 aliphatic heterocycles. The molecule has 0 radical (unpaired) electrons. The van der Waals surface area contributed by atoms with E-state index < -0.39 is 45.3 Å². The molecule has 0 bridgehead atoms. The molecule has 3 nitrogen and oxygen atoms in total. The maximum atomic E-state index is 7.28. The molecule has 1 aromatic rings. The number of benzene rings is 1. The van der Waals surface area contributed by atoms with Crippen molar-refractivity contribution in [1.29, 1.82) is 0 Å². The van der Waals surface area contributed by atoms with Crippen LogP contribution in [0.4, 0.5) is 0 Å². The first kappa shape index (κ1) is 27.1. The van der Waals surface area contributed by atoms with Crippen molar-refractivity contribution in [2.75, 3.05) is 0 Å². The lowest BCUT2D eigenvalue weighted by atomic mass is 10.2. The summed E-state index contributed by atoms with van der Waals surface area (Å²) in [4.78, 5) is 0. The summed E-state index contributed by atoms with van der Waals surface area (Å²) in [5.41, 5.74) is 1.11. The van der Waals surface area contributed by atoms with Gasteiger partial charge >= 0.3 is 0 Å². The van der Waals surface area contributed by atoms with Gasteiger partial charge in [0.2, 0.25) is 24.0 Å². The lowest BCUT2D eigenvalue weighted by molar-refractivity contribution is 0.423. The molecule has 0 N–H and O–H groups in total. The highest BCUT2D eigenvalue weighted by Gasteiger charge is 2.81. The van der Waals surface area contributed by atoms with E-state index >= 15 is 0 Å². The van der Waals surface area contributed by atoms with Gasteiger partial charge in [0, 0.05) is 7.11 Å². The second-order valence-corrected chi connectivity index (χ2v) is 68.8. The van der Waals surface area contributed by atoms with E-state index in [2.05, 4.69) is 109 Å². The Bertz CT molecular complexity index is 846. The standard InChI is InChI=1S/C21H46O3Si7/c1-26(2,3)23-20(21(25)24-27(4,5)6)18-16-14-15-17-19(18)22-31(13)29(9,10)28(7,8)30(31,11)12/h14-17H,1-13,25H3. The fraction of sp³-hybridized carbons (Fsp3) is 0.619. The molecule has 1 aliphatic rings. The Morgan fingerprint density at radius 2 is 1.16 bits per heavy atom. The third kappa shape index (κ3) is 4.76. The predicted octanol–water partition coefficient (Wildman–Crippen LogP) is 5.79. The van der Waals surface area contributed by atoms with Crippen molar-refractivity contribution in [3.05, 3.63) is 35.2 Å². The van der Waals surface area contributed by atoms with Crippen molar-refractivity contribution in [3.8, 4) is 5.75 Å². The van der Waals surface area contributed by atoms with Crippen molar-refractivity contribution < 1.29 is 13.3 Å². The smallest absolute Gasteiger partial charge is 0.242 e. The SMILES string of the molecule is C[Si](C)(C)OC([SiH3])=C(O[Si](C)(C)C)c1ccccc1O[Si]1(C)[Si](C)(C)[Si](C)(C)[Si]1(C)C. The summed E-state index contributed by atoms with van der Waals surface area (Å²) in [7, 11) is -8.40. The molecule has 0 unspecified atom stereocenters. The highest BCUT2D eigenvalue weighted by atomic mass is 30.2. The van der Waals surface area contributed by atoms with Crippen molar-refractivity contribution in [3.63, 3.8) is 0 Å². The molecule has 2 rings (SSSR count). The summed E-state index contributed by atoms with van der Waals surface area (Å²) >= 11 is 0. The molecule has 1 heterocycles. The molecular weight excluding hydrogens is 497 g/mol. The minimum absolute atomic E-state index is 0.828. The van der Waals surface area contributed by atoms with E-state index in [9.17, 15) is 0 Å². The Hall–Kier alpha value is -0.122. The number of hydrogen-bond acceptors (Lipinski definition) is 3. The summed E-state index contributed by atoms with van der Waals surface area (Å²) in [6, 6.07) is 8.62. The van der Waals surface area contributed by atoms with Crippen LogP contribution in [0.1, 0.15) is 5.56 Å². The fourth-order valence-electron chi connectivity index (χ4n) is 5.04. The van der Waals surface area contributed by atoms with Crippen LogP contribution in [-0.2, 0) is 8.85 Å². The molecule has 31 heavy (non-hydrogen) atoms. The van der Waals surface area contributed by atoms with Crippen molar-refractivity contribution in [2.24, 2.45) is 0 Å². The molecule has 1 aromatic carbocycles. The van der Waals surface area contributed by atoms with E-state index in [1.165, 1.54) is 0 Å². The maximum absolute atomic E-state index is 7.28. The zero-order chi connectivity index (χ0) is 24.3. The Labute approximate surface area is 200 Å². The molecule has 0 spiro atoms. The third-order valence-corrected chi connectivity index (χ3v) is 108. The summed E-state index contributed by atoms with van der Waals surface area (Å²) in [6.45, 7) is 31.9. The van der Waals surface area contributed by atoms with E-state index in [1.54, 1.807) is 0 Å². The lowest BCUT2D eigenvalue weighted by Gasteiger charge is -2.71. The summed E-state index contributed by atoms with van der Waals surface area (Å²) in [6.07, 6.45) is 0. The fourth-order valence-corrected chi connectivity index (χ4v) is 137. The lowest BCUT2D eigenvalue weighted by Crippen LogP contribution is -3.03. The molecular formula is C21H46O3Si7. The first-order chi connectivity index (χ1) is 13.7. The second kappa shape index (κ2) is 8.27. The molecule has 1 saturated heterocycles. The van der Waals surface area contributed by atoms with Gasteiger partial charge < -0.3 is 13.3 Å². The van der Waals surface area contributed by atoms with Crippen LogP contribution in [-0.4, -0.2) is 55.6 Å². The van der Waals surface area contributed by atoms with Crippen LogP contribution in [0.15, 0.2) is 29.6 Å². The first-order valence-corrected chi connectivity index (χ1v) is 34.8. The van der Waals surface area contributed by atoms with Gasteiger partial charge in [0.05, 0.1) is 35.4 Å². The van der Waals surface area contributed by atoms with Gasteiger partial charge in [-0.25, -0.2) is 0 Å². The molecule has 1 fully saturated rings. The molecule has 0 saturated carbocycles. The summed E-state index contributed by atoms with van der Waals surface area (Å²) in [5, 5.41) is 1.04. The highest BCUT2D eigenvalue weighted by Crippen LogP contribution is 2.52. The quantitative estimate of drug-likeness (QED) is 0.322. The third-order valence-electron chi connectivity index (χ3n) is 8.14. The monoisotopic (exact) mass is 542 g/mol. The minimum atomic E-state index is -1.82. The summed E-state index contributed by atoms with van der Waals surface area (Å²) < 4.78 is 20.5. The zero-order valence-corrected chi connectivity index (χ0v) is 30.5. The van der Waals surface area contributed by atoms with E-state index in [1.807, 2.05) is 0 Å². The van der Waals surface area contributed by atoms with Crippen LogP contribution >= 0.6 is 0 Å². The Morgan fingerprint density at radius 3 is 1.61 bits per heavy atom. The second-order valence-electron chi connectivity index (χ2n) is 12.8. The van der Waals surface area contributed by atoms with Crippen LogP contribution in [0.2, 0.25) is 85.1 Å². The topological polar surface area (TPSA) is 27.7 Å². The molecule has 0 aliphatic carbocycles. The maximum Gasteiger partial charge on any atom is 0.242 e. The Balaban J connectivity index is 2.61. The highest BCUT2D eigenvalue weighted by molar-refractivity contribution is 8.12. The Morgan fingerprint density at radius 1 is 0.710 bits per heavy atom. The Kier molecular flexibility index (Phi) is 7.24. The average molecular weight is 543 g/mol. The van der Waals surface area contributed by atoms with Crippen molar-refractivity contribution in [2.45, 2.75) is 85.1 Å². The van der Waals surface area contributed by atoms with E-state index in [4.69, 9.17) is 13.3 Å². The van der Waals surface area contributed by atoms with Crippen LogP contribution in [0.3, 0.4) is 0 Å². The van der Waals surface area contributed by atoms with Gasteiger partial charge in [0.1, 0.15) is 11.5 Å². The normalized spacial score (nSPS) is 22.2. The van der Waals surface area contributed by atoms with Gasteiger partial charge in [0.25, 0.3) is 0 Å². The van der Waals surface area contributed by atoms with Crippen LogP contribution in [0.25, 0.3) is 5.76 Å². The molecule has 0 atom stereocenters. The van der Waals surface area contributed by atoms with Gasteiger partial charge in [-0.2, -0.15) is 0 Å². The van der Waals surface area contributed by atoms with Gasteiger partial charge in [-0.3, -0.25) is 0 Å². The largest absolute Gasteiger partial charge is 0.549 e. The number of rotatable bonds is 7. The molecule has 176 valence electrons. The van der Waals surface area contributed by atoms with E-state index in [0.29, 0.717) is 0 Å². The molecule has 10 heteroatoms. The van der Waals surface area contributed by atoms with Gasteiger partial charge in [0.15, 0.2) is 0 Å². The average Bonchev–Trinajstić information content (AvgIpc) is 2.56. The van der Waals surface area contributed by atoms with Crippen LogP contribution in [0, 0.1) is 0 Å². The molecule has 0 amide bonds. The van der Waals surface area contributed by atoms with Crippen molar-refractivity contribution in [1.82, 2.24) is 0 Å². The number of hydrogen-bond donors (Lipinski definition) is 0. The first-order valence-electron chi connectivity index (χ1n) is 11.6. The summed E-state index contributed by atoms with van der Waals surface area (Å²) in [5.74, 6) is 2.00. The van der Waals surface area contributed by atoms with Crippen LogP contribution in [0.5, 0.6) is 5.75 Å². The molecule has 0 aromatic heterocycles. The van der Waals surface area contributed by atoms with E-state index in [0.717, 1.165) is 32.7 Å². The van der Waals surface area contributed by atoms with E-state index in [-0.39, 0.29) is 0 Å². The predicted molar refractivity (Wildman–Crippen MR) is 157 cm³/mol. The minimum Gasteiger partial charge on any atom is -0.549 e. The van der Waals surface area contributed by atoms with Gasteiger partial charge in [-0.15, -0.1) is 0 Å². The van der Waals surface area contributed by atoms with Crippen LogP contribution < -0.4 is 4.43 Å². The zero-order valence-electron chi connectivity index (χ0n) is 22.5.